The summed E-state index contributed by atoms with van der Waals surface area (Å²) in [7, 11) is 4.53. The van der Waals surface area contributed by atoms with Crippen molar-refractivity contribution in [1.29, 1.82) is 0 Å². The normalized spacial score (nSPS) is 11.3. The molecule has 4 aromatic rings. The lowest BCUT2D eigenvalue weighted by atomic mass is 10.1. The van der Waals surface area contributed by atoms with Gasteiger partial charge in [0, 0.05) is 32.7 Å². The number of ketones is 1. The lowest BCUT2D eigenvalue weighted by molar-refractivity contribution is 0.0987. The minimum atomic E-state index is -0.331. The van der Waals surface area contributed by atoms with Crippen molar-refractivity contribution in [2.75, 3.05) is 21.3 Å². The van der Waals surface area contributed by atoms with Crippen LogP contribution in [0, 0.1) is 0 Å². The number of nitrogens with one attached hydrogen (secondary N) is 1. The zero-order valence-electron chi connectivity index (χ0n) is 18.3. The second-order valence-electron chi connectivity index (χ2n) is 7.10. The van der Waals surface area contributed by atoms with E-state index < -0.39 is 0 Å². The highest BCUT2D eigenvalue weighted by Crippen LogP contribution is 2.39. The molecule has 0 radical (unpaired) electrons. The van der Waals surface area contributed by atoms with Gasteiger partial charge in [-0.2, -0.15) is 0 Å². The fraction of sp³-hybridized carbons (Fsp3) is 0.115. The molecule has 0 bridgehead atoms. The lowest BCUT2D eigenvalue weighted by Crippen LogP contribution is -2.10. The van der Waals surface area contributed by atoms with E-state index in [1.807, 2.05) is 42.6 Å². The van der Waals surface area contributed by atoms with E-state index in [-0.39, 0.29) is 11.5 Å². The predicted molar refractivity (Wildman–Crippen MR) is 131 cm³/mol. The highest BCUT2D eigenvalue weighted by molar-refractivity contribution is 9.10. The number of Topliss-reactive ketones (excluding diaryl/α,β-unsaturated/α-hetero) is 1. The van der Waals surface area contributed by atoms with Crippen LogP contribution in [0.3, 0.4) is 0 Å². The number of benzene rings is 3. The van der Waals surface area contributed by atoms with E-state index in [2.05, 4.69) is 20.9 Å². The highest BCUT2D eigenvalue weighted by atomic mass is 79.9. The molecule has 0 fully saturated rings. The molecule has 0 amide bonds. The molecule has 33 heavy (non-hydrogen) atoms. The van der Waals surface area contributed by atoms with E-state index in [1.54, 1.807) is 30.3 Å². The number of methoxy groups -OCH3 is 3. The molecule has 0 aliphatic rings. The molecule has 0 saturated carbocycles. The Kier molecular flexibility index (Phi) is 6.70. The molecule has 4 rings (SSSR count). The molecule has 0 unspecified atom stereocenters. The first-order valence-electron chi connectivity index (χ1n) is 10.1. The highest BCUT2D eigenvalue weighted by Gasteiger charge is 2.21. The Morgan fingerprint density at radius 1 is 0.909 bits per heavy atom. The fourth-order valence-electron chi connectivity index (χ4n) is 3.48. The number of H-pyrrole nitrogens is 1. The summed E-state index contributed by atoms with van der Waals surface area (Å²) in [5.41, 5.74) is 2.14. The van der Waals surface area contributed by atoms with Gasteiger partial charge >= 0.3 is 0 Å². The molecule has 1 heterocycles. The van der Waals surface area contributed by atoms with Gasteiger partial charge in [-0.15, -0.1) is 0 Å². The topological polar surface area (TPSA) is 69.8 Å². The molecular formula is C26H22BrNO5. The Balaban J connectivity index is 1.82. The standard InChI is InChI=1S/C26H22BrNO5/c1-30-23-12-16(13-24(31-2)26(23)32-3)25(29)22(33-19-10-8-18(27)9-11-19)14-17-15-28-21-7-5-4-6-20(17)21/h4-15,28H,1-3H3/b22-14-. The van der Waals surface area contributed by atoms with Gasteiger partial charge in [-0.3, -0.25) is 4.79 Å². The number of para-hydroxylation sites is 1. The number of carbonyl (C=O) groups excluding carboxylic acids is 1. The lowest BCUT2D eigenvalue weighted by Gasteiger charge is -2.15. The first-order chi connectivity index (χ1) is 16.0. The summed E-state index contributed by atoms with van der Waals surface area (Å²) < 4.78 is 23.2. The molecular weight excluding hydrogens is 486 g/mol. The third-order valence-electron chi connectivity index (χ3n) is 5.10. The minimum absolute atomic E-state index is 0.149. The van der Waals surface area contributed by atoms with E-state index in [4.69, 9.17) is 18.9 Å². The quantitative estimate of drug-likeness (QED) is 0.173. The summed E-state index contributed by atoms with van der Waals surface area (Å²) >= 11 is 3.42. The van der Waals surface area contributed by atoms with Crippen LogP contribution in [0.2, 0.25) is 0 Å². The van der Waals surface area contributed by atoms with E-state index in [9.17, 15) is 4.79 Å². The van der Waals surface area contributed by atoms with Crippen LogP contribution in [0.1, 0.15) is 15.9 Å². The molecule has 6 nitrogen and oxygen atoms in total. The van der Waals surface area contributed by atoms with Crippen molar-refractivity contribution >= 4 is 38.7 Å². The van der Waals surface area contributed by atoms with Crippen LogP contribution in [0.5, 0.6) is 23.0 Å². The predicted octanol–water partition coefficient (Wildman–Crippen LogP) is 6.26. The molecule has 0 atom stereocenters. The molecule has 0 saturated heterocycles. The van der Waals surface area contributed by atoms with Gasteiger partial charge in [0.15, 0.2) is 17.3 Å². The average molecular weight is 508 g/mol. The van der Waals surface area contributed by atoms with Gasteiger partial charge in [0.1, 0.15) is 5.75 Å². The summed E-state index contributed by atoms with van der Waals surface area (Å²) in [6.07, 6.45) is 3.57. The van der Waals surface area contributed by atoms with Crippen molar-refractivity contribution in [3.05, 3.63) is 88.2 Å². The smallest absolute Gasteiger partial charge is 0.228 e. The number of carbonyl (C=O) groups is 1. The Morgan fingerprint density at radius 3 is 2.21 bits per heavy atom. The van der Waals surface area contributed by atoms with Crippen LogP contribution >= 0.6 is 15.9 Å². The SMILES string of the molecule is COc1cc(C(=O)/C(=C/c2c[nH]c3ccccc23)Oc2ccc(Br)cc2)cc(OC)c1OC. The number of hydrogen-bond acceptors (Lipinski definition) is 5. The van der Waals surface area contributed by atoms with Gasteiger partial charge in [0.25, 0.3) is 0 Å². The van der Waals surface area contributed by atoms with Crippen LogP contribution in [0.25, 0.3) is 17.0 Å². The van der Waals surface area contributed by atoms with Crippen LogP contribution < -0.4 is 18.9 Å². The second kappa shape index (κ2) is 9.83. The molecule has 168 valence electrons. The van der Waals surface area contributed by atoms with E-state index in [1.165, 1.54) is 21.3 Å². The maximum Gasteiger partial charge on any atom is 0.228 e. The fourth-order valence-corrected chi connectivity index (χ4v) is 3.74. The first kappa shape index (κ1) is 22.5. The van der Waals surface area contributed by atoms with Gasteiger partial charge in [0.05, 0.1) is 21.3 Å². The van der Waals surface area contributed by atoms with Crippen LogP contribution in [0.15, 0.2) is 77.1 Å². The van der Waals surface area contributed by atoms with Crippen LogP contribution in [-0.2, 0) is 0 Å². The van der Waals surface area contributed by atoms with Crippen molar-refractivity contribution in [2.24, 2.45) is 0 Å². The van der Waals surface area contributed by atoms with Gasteiger partial charge in [-0.25, -0.2) is 0 Å². The largest absolute Gasteiger partial charge is 0.493 e. The first-order valence-corrected chi connectivity index (χ1v) is 10.9. The van der Waals surface area contributed by atoms with Crippen molar-refractivity contribution in [2.45, 2.75) is 0 Å². The Morgan fingerprint density at radius 2 is 1.58 bits per heavy atom. The second-order valence-corrected chi connectivity index (χ2v) is 8.01. The number of ether oxygens (including phenoxy) is 4. The number of fused-ring (bicyclic) bond motifs is 1. The number of rotatable bonds is 8. The van der Waals surface area contributed by atoms with Crippen molar-refractivity contribution < 1.29 is 23.7 Å². The van der Waals surface area contributed by atoms with E-state index in [0.717, 1.165) is 20.9 Å². The van der Waals surface area contributed by atoms with E-state index in [0.29, 0.717) is 28.6 Å². The molecule has 1 N–H and O–H groups in total. The third kappa shape index (κ3) is 4.73. The third-order valence-corrected chi connectivity index (χ3v) is 5.63. The van der Waals surface area contributed by atoms with Crippen LogP contribution in [0.4, 0.5) is 0 Å². The Hall–Kier alpha value is -3.71. The van der Waals surface area contributed by atoms with Gasteiger partial charge < -0.3 is 23.9 Å². The number of hydrogen-bond donors (Lipinski definition) is 1. The Bertz CT molecular complexity index is 1300. The molecule has 0 spiro atoms. The number of aromatic nitrogens is 1. The summed E-state index contributed by atoms with van der Waals surface area (Å²) in [4.78, 5) is 16.9. The summed E-state index contributed by atoms with van der Waals surface area (Å²) in [5.74, 6) is 1.53. The molecule has 1 aromatic heterocycles. The summed E-state index contributed by atoms with van der Waals surface area (Å²) in [6.45, 7) is 0. The van der Waals surface area contributed by atoms with Gasteiger partial charge in [0.2, 0.25) is 11.5 Å². The molecule has 7 heteroatoms. The van der Waals surface area contributed by atoms with Crippen molar-refractivity contribution in [3.8, 4) is 23.0 Å². The summed E-state index contributed by atoms with van der Waals surface area (Å²) in [6, 6.07) is 18.4. The van der Waals surface area contributed by atoms with Crippen molar-refractivity contribution in [1.82, 2.24) is 4.98 Å². The molecule has 3 aromatic carbocycles. The van der Waals surface area contributed by atoms with E-state index >= 15 is 0 Å². The maximum absolute atomic E-state index is 13.6. The number of allylic oxidation sites excluding steroid dienone is 1. The number of halogens is 1. The monoisotopic (exact) mass is 507 g/mol. The molecule has 0 aliphatic heterocycles. The average Bonchev–Trinajstić information content (AvgIpc) is 3.26. The molecule has 0 aliphatic carbocycles. The zero-order chi connectivity index (χ0) is 23.4. The maximum atomic E-state index is 13.6. The van der Waals surface area contributed by atoms with Crippen LogP contribution in [-0.4, -0.2) is 32.1 Å². The zero-order valence-corrected chi connectivity index (χ0v) is 19.9. The van der Waals surface area contributed by atoms with Gasteiger partial charge in [-0.05, 0) is 48.5 Å². The van der Waals surface area contributed by atoms with Gasteiger partial charge in [-0.1, -0.05) is 34.1 Å². The number of aromatic amines is 1. The minimum Gasteiger partial charge on any atom is -0.493 e. The Labute approximate surface area is 199 Å². The van der Waals surface area contributed by atoms with Crippen molar-refractivity contribution in [3.63, 3.8) is 0 Å². The summed E-state index contributed by atoms with van der Waals surface area (Å²) in [5, 5.41) is 0.979.